The van der Waals surface area contributed by atoms with Gasteiger partial charge in [-0.25, -0.2) is 14.6 Å². The Labute approximate surface area is 278 Å². The quantitative estimate of drug-likeness (QED) is 0.0730. The number of nitrogens with one attached hydrogen (secondary N) is 2. The summed E-state index contributed by atoms with van der Waals surface area (Å²) in [5.74, 6) is -3.65. The third-order valence-corrected chi connectivity index (χ3v) is 8.95. The molecule has 2 aromatic heterocycles. The number of thiazole rings is 1. The highest BCUT2D eigenvalue weighted by atomic mass is 32.2. The van der Waals surface area contributed by atoms with E-state index in [9.17, 15) is 34.2 Å². The number of anilines is 1. The third kappa shape index (κ3) is 8.12. The molecule has 0 unspecified atom stereocenters. The molecule has 1 fully saturated rings. The molecular formula is C29H38N7O9S2+. The summed E-state index contributed by atoms with van der Waals surface area (Å²) in [6.45, 7) is 8.46. The van der Waals surface area contributed by atoms with Gasteiger partial charge in [0.25, 0.3) is 11.8 Å². The number of quaternary nitrogens is 1. The van der Waals surface area contributed by atoms with Crippen LogP contribution in [0.1, 0.15) is 46.0 Å². The summed E-state index contributed by atoms with van der Waals surface area (Å²) < 4.78 is 5.61. The van der Waals surface area contributed by atoms with Crippen LogP contribution in [0.2, 0.25) is 0 Å². The number of likely N-dealkylation sites (N-methyl/N-ethyl adjacent to an activating group) is 1. The summed E-state index contributed by atoms with van der Waals surface area (Å²) in [5, 5.41) is 27.1. The number of thioether (sulfide) groups is 1. The fraction of sp³-hybridized carbons (Fsp3) is 0.483. The Morgan fingerprint density at radius 3 is 2.47 bits per heavy atom. The summed E-state index contributed by atoms with van der Waals surface area (Å²) in [6.07, 6.45) is 1.20. The fourth-order valence-electron chi connectivity index (χ4n) is 4.84. The molecule has 0 saturated carbocycles. The minimum absolute atomic E-state index is 0.0493. The summed E-state index contributed by atoms with van der Waals surface area (Å²) in [6, 6.07) is 0.189. The molecule has 16 nitrogen and oxygen atoms in total. The molecule has 0 bridgehead atoms. The lowest BCUT2D eigenvalue weighted by Gasteiger charge is -2.49. The number of nitrogens with zero attached hydrogens (tertiary/aromatic N) is 4. The van der Waals surface area contributed by atoms with Crippen molar-refractivity contribution in [2.45, 2.75) is 63.8 Å². The summed E-state index contributed by atoms with van der Waals surface area (Å²) in [7, 11) is 3.68. The number of nitrogens with two attached hydrogens (primary N) is 1. The van der Waals surface area contributed by atoms with Crippen LogP contribution in [0.3, 0.4) is 0 Å². The lowest BCUT2D eigenvalue weighted by atomic mass is 10.0. The van der Waals surface area contributed by atoms with Crippen molar-refractivity contribution < 1.29 is 43.4 Å². The number of esters is 1. The normalized spacial score (nSPS) is 18.7. The molecule has 4 heterocycles. The van der Waals surface area contributed by atoms with Gasteiger partial charge in [0.15, 0.2) is 16.6 Å². The number of oxime groups is 1. The second-order valence-corrected chi connectivity index (χ2v) is 15.2. The number of carbonyl (C=O) groups excluding carboxylic acids is 3. The number of hydrogen-bond donors (Lipinski definition) is 5. The van der Waals surface area contributed by atoms with E-state index in [1.165, 1.54) is 43.3 Å². The van der Waals surface area contributed by atoms with Gasteiger partial charge in [-0.1, -0.05) is 5.16 Å². The summed E-state index contributed by atoms with van der Waals surface area (Å²) in [4.78, 5) is 77.5. The standard InChI is InChI=1S/C29H37N7O9S2/c1-28(2,3)44-26(43)29(4,5)45-34-19(16-13-47-27(30)32-16)22(39)33-20-23(40)35-21(25(41)42)14(12-46-24(20)35)10-36(6,7)11-15-8-17(37)18(38)9-31-15/h8-9,13,20,24H,10-12H2,1-7H3,(H5-,30,31,32,33,34,37,38,39,41,42)/p+1/t20-,24-/m1/s1. The second-order valence-electron chi connectivity index (χ2n) is 13.2. The zero-order valence-electron chi connectivity index (χ0n) is 26.9. The maximum absolute atomic E-state index is 13.5. The molecule has 6 N–H and O–H groups in total. The molecule has 2 atom stereocenters. The number of rotatable bonds is 11. The molecule has 2 aliphatic heterocycles. The van der Waals surface area contributed by atoms with Gasteiger partial charge in [0.2, 0.25) is 11.0 Å². The molecule has 0 aromatic carbocycles. The molecule has 1 saturated heterocycles. The number of fused-ring (bicyclic) bond motifs is 1. The number of H-pyrrole nitrogens is 1. The Morgan fingerprint density at radius 2 is 1.89 bits per heavy atom. The number of carbonyl (C=O) groups is 4. The van der Waals surface area contributed by atoms with Crippen molar-refractivity contribution in [1.29, 1.82) is 0 Å². The molecule has 2 aromatic rings. The first-order valence-electron chi connectivity index (χ1n) is 14.3. The van der Waals surface area contributed by atoms with E-state index >= 15 is 0 Å². The van der Waals surface area contributed by atoms with Crippen molar-refractivity contribution >= 4 is 57.7 Å². The third-order valence-electron chi connectivity index (χ3n) is 6.94. The van der Waals surface area contributed by atoms with Gasteiger partial charge in [0.05, 0.1) is 19.8 Å². The number of amides is 2. The Morgan fingerprint density at radius 1 is 1.21 bits per heavy atom. The van der Waals surface area contributed by atoms with Gasteiger partial charge in [-0.05, 0) is 34.6 Å². The molecule has 0 aliphatic carbocycles. The van der Waals surface area contributed by atoms with Crippen LogP contribution in [-0.4, -0.2) is 108 Å². The van der Waals surface area contributed by atoms with Crippen molar-refractivity contribution in [1.82, 2.24) is 20.2 Å². The van der Waals surface area contributed by atoms with E-state index in [1.807, 2.05) is 14.1 Å². The van der Waals surface area contributed by atoms with Crippen LogP contribution in [-0.2, 0) is 35.3 Å². The maximum atomic E-state index is 13.5. The van der Waals surface area contributed by atoms with Crippen molar-refractivity contribution in [3.63, 3.8) is 0 Å². The molecule has 4 rings (SSSR count). The average Bonchev–Trinajstić information content (AvgIpc) is 3.37. The minimum atomic E-state index is -1.59. The number of aromatic amines is 1. The lowest BCUT2D eigenvalue weighted by Crippen LogP contribution is -2.71. The van der Waals surface area contributed by atoms with E-state index in [2.05, 4.69) is 20.4 Å². The van der Waals surface area contributed by atoms with Crippen molar-refractivity contribution in [2.24, 2.45) is 5.16 Å². The minimum Gasteiger partial charge on any atom is -0.503 e. The van der Waals surface area contributed by atoms with Crippen LogP contribution in [0.4, 0.5) is 5.13 Å². The van der Waals surface area contributed by atoms with Crippen LogP contribution in [0, 0.1) is 0 Å². The topological polar surface area (TPSA) is 227 Å². The smallest absolute Gasteiger partial charge is 0.353 e. The van der Waals surface area contributed by atoms with Crippen molar-refractivity contribution in [3.05, 3.63) is 50.5 Å². The SMILES string of the molecule is CC(C)(C)OC(=O)C(C)(C)ON=C(C(=O)N[C@@H]1C(=O)N2C(C(=O)O)=C(C[N+](C)(C)Cc3cc(=O)c(O)c[nH]3)CS[C@H]12)c1csc(N)n1. The number of aliphatic carboxylic acids is 1. The van der Waals surface area contributed by atoms with Gasteiger partial charge in [-0.15, -0.1) is 23.1 Å². The zero-order valence-corrected chi connectivity index (χ0v) is 28.6. The second kappa shape index (κ2) is 13.0. The average molecular weight is 693 g/mol. The van der Waals surface area contributed by atoms with E-state index in [0.29, 0.717) is 17.8 Å². The number of carboxylic acids is 1. The predicted octanol–water partition coefficient (Wildman–Crippen LogP) is 0.975. The molecule has 2 aliphatic rings. The first-order valence-corrected chi connectivity index (χ1v) is 16.3. The highest BCUT2D eigenvalue weighted by Crippen LogP contribution is 2.41. The lowest BCUT2D eigenvalue weighted by molar-refractivity contribution is -0.899. The summed E-state index contributed by atoms with van der Waals surface area (Å²) in [5.41, 5.74) is 3.42. The van der Waals surface area contributed by atoms with Gasteiger partial charge < -0.3 is 40.3 Å². The molecule has 47 heavy (non-hydrogen) atoms. The van der Waals surface area contributed by atoms with Gasteiger partial charge in [-0.3, -0.25) is 19.3 Å². The van der Waals surface area contributed by atoms with Gasteiger partial charge in [-0.2, -0.15) is 0 Å². The van der Waals surface area contributed by atoms with Crippen molar-refractivity contribution in [2.75, 3.05) is 32.1 Å². The molecule has 0 radical (unpaired) electrons. The van der Waals surface area contributed by atoms with Crippen LogP contribution in [0.25, 0.3) is 0 Å². The first kappa shape index (κ1) is 35.4. The zero-order chi connectivity index (χ0) is 35.1. The number of β-lactam (4-membered cyclic amide) rings is 1. The highest BCUT2D eigenvalue weighted by Gasteiger charge is 2.55. The Kier molecular flexibility index (Phi) is 9.80. The predicted molar refractivity (Wildman–Crippen MR) is 173 cm³/mol. The Hall–Kier alpha value is -4.42. The van der Waals surface area contributed by atoms with Crippen molar-refractivity contribution in [3.8, 4) is 5.75 Å². The molecule has 2 amide bonds. The van der Waals surface area contributed by atoms with Crippen LogP contribution in [0.5, 0.6) is 5.75 Å². The molecule has 18 heteroatoms. The Bertz CT molecular complexity index is 1720. The van der Waals surface area contributed by atoms with Crippen LogP contribution in [0.15, 0.2) is 38.9 Å². The van der Waals surface area contributed by atoms with E-state index in [1.54, 1.807) is 20.8 Å². The maximum Gasteiger partial charge on any atom is 0.353 e. The number of carboxylic acid groups (broad SMARTS) is 1. The largest absolute Gasteiger partial charge is 0.503 e. The first-order chi connectivity index (χ1) is 21.7. The van der Waals surface area contributed by atoms with E-state index in [-0.39, 0.29) is 39.0 Å². The molecular weight excluding hydrogens is 654 g/mol. The number of aromatic hydroxyl groups is 1. The molecule has 254 valence electrons. The summed E-state index contributed by atoms with van der Waals surface area (Å²) >= 11 is 2.33. The van der Waals surface area contributed by atoms with Gasteiger partial charge >= 0.3 is 11.9 Å². The highest BCUT2D eigenvalue weighted by molar-refractivity contribution is 8.00. The number of nitrogen functional groups attached to an aromatic ring is 1. The number of hydrogen-bond acceptors (Lipinski definition) is 13. The number of pyridine rings is 1. The van der Waals surface area contributed by atoms with Crippen LogP contribution < -0.4 is 16.5 Å². The van der Waals surface area contributed by atoms with Gasteiger partial charge in [0.1, 0.15) is 41.5 Å². The van der Waals surface area contributed by atoms with E-state index < -0.39 is 57.5 Å². The van der Waals surface area contributed by atoms with Crippen LogP contribution >= 0.6 is 23.1 Å². The van der Waals surface area contributed by atoms with Gasteiger partial charge in [0, 0.05) is 29.0 Å². The fourth-order valence-corrected chi connectivity index (χ4v) is 6.73. The van der Waals surface area contributed by atoms with E-state index in [4.69, 9.17) is 15.3 Å². The number of ether oxygens (including phenoxy) is 1. The monoisotopic (exact) mass is 692 g/mol. The number of aromatic nitrogens is 2. The molecule has 0 spiro atoms. The van der Waals surface area contributed by atoms with E-state index in [0.717, 1.165) is 16.2 Å². The Balaban J connectivity index is 1.53.